The highest BCUT2D eigenvalue weighted by Gasteiger charge is 2.38. The molecule has 2 aromatic heterocycles. The van der Waals surface area contributed by atoms with E-state index in [4.69, 9.17) is 9.84 Å². The second kappa shape index (κ2) is 8.85. The number of fused-ring (bicyclic) bond motifs is 2. The van der Waals surface area contributed by atoms with Gasteiger partial charge in [-0.1, -0.05) is 30.3 Å². The zero-order valence-corrected chi connectivity index (χ0v) is 21.1. The topological polar surface area (TPSA) is 88.1 Å². The maximum absolute atomic E-state index is 13.9. The number of ketones is 1. The highest BCUT2D eigenvalue weighted by molar-refractivity contribution is 6.01. The number of para-hydroxylation sites is 1. The zero-order chi connectivity index (χ0) is 26.6. The standard InChI is InChI=1S/C30H24N4O4/c1-18-26(19(2)35)28(34-30(37)24-12-8-7-11-23(24)29(36)33(18)34)25-17-32(21-9-5-4-6-10-21)31-27(25)20-13-15-22(38-3)16-14-20/h4-17,28H,1-3H3. The van der Waals surface area contributed by atoms with Gasteiger partial charge < -0.3 is 4.74 Å². The molecule has 3 aromatic carbocycles. The van der Waals surface area contributed by atoms with Crippen molar-refractivity contribution in [2.45, 2.75) is 19.9 Å². The third-order valence-corrected chi connectivity index (χ3v) is 7.03. The summed E-state index contributed by atoms with van der Waals surface area (Å²) in [5.41, 5.74) is 2.94. The average molecular weight is 505 g/mol. The van der Waals surface area contributed by atoms with Crippen molar-refractivity contribution in [2.24, 2.45) is 0 Å². The first-order valence-corrected chi connectivity index (χ1v) is 12.2. The Balaban J connectivity index is 1.69. The number of hydrogen-bond acceptors (Lipinski definition) is 5. The number of carbonyl (C=O) groups excluding carboxylic acids is 1. The summed E-state index contributed by atoms with van der Waals surface area (Å²) in [6, 6.07) is 22.9. The lowest BCUT2D eigenvalue weighted by Crippen LogP contribution is -2.37. The van der Waals surface area contributed by atoms with E-state index in [0.717, 1.165) is 11.3 Å². The number of rotatable bonds is 5. The fourth-order valence-electron chi connectivity index (χ4n) is 5.27. The summed E-state index contributed by atoms with van der Waals surface area (Å²) in [5.74, 6) is 0.470. The SMILES string of the molecule is COc1ccc(-c2nn(-c3ccccc3)cc2C2C(C(C)=O)=C(C)n3c(=O)c4ccccc4c(=O)n32)cc1. The Kier molecular flexibility index (Phi) is 5.45. The molecule has 0 bridgehead atoms. The van der Waals surface area contributed by atoms with Crippen molar-refractivity contribution >= 4 is 22.3 Å². The van der Waals surface area contributed by atoms with Gasteiger partial charge in [-0.25, -0.2) is 14.0 Å². The molecule has 0 N–H and O–H groups in total. The van der Waals surface area contributed by atoms with E-state index >= 15 is 0 Å². The molecule has 8 nitrogen and oxygen atoms in total. The molecule has 1 aliphatic rings. The van der Waals surface area contributed by atoms with Crippen molar-refractivity contribution in [2.75, 3.05) is 7.11 Å². The number of nitrogens with zero attached hydrogens (tertiary/aromatic N) is 4. The average Bonchev–Trinajstić information content (AvgIpc) is 3.52. The van der Waals surface area contributed by atoms with Gasteiger partial charge >= 0.3 is 0 Å². The highest BCUT2D eigenvalue weighted by atomic mass is 16.5. The molecule has 0 spiro atoms. The van der Waals surface area contributed by atoms with Crippen LogP contribution in [-0.2, 0) is 4.79 Å². The summed E-state index contributed by atoms with van der Waals surface area (Å²) in [4.78, 5) is 40.6. The van der Waals surface area contributed by atoms with Crippen molar-refractivity contribution in [3.05, 3.63) is 117 Å². The van der Waals surface area contributed by atoms with Crippen LogP contribution in [0.3, 0.4) is 0 Å². The molecule has 0 saturated heterocycles. The van der Waals surface area contributed by atoms with Crippen molar-refractivity contribution in [1.82, 2.24) is 19.1 Å². The third-order valence-electron chi connectivity index (χ3n) is 7.03. The Labute approximate surface area is 217 Å². The third kappa shape index (κ3) is 3.45. The van der Waals surface area contributed by atoms with Crippen molar-refractivity contribution in [1.29, 1.82) is 0 Å². The van der Waals surface area contributed by atoms with E-state index in [2.05, 4.69) is 0 Å². The fourth-order valence-corrected chi connectivity index (χ4v) is 5.27. The number of aromatic nitrogens is 4. The molecule has 1 atom stereocenters. The second-order valence-electron chi connectivity index (χ2n) is 9.21. The number of Topliss-reactive ketones (excluding diaryl/α,β-unsaturated/α-hetero) is 1. The van der Waals surface area contributed by atoms with Crippen LogP contribution in [0.4, 0.5) is 0 Å². The Hall–Kier alpha value is -4.98. The largest absolute Gasteiger partial charge is 0.497 e. The monoisotopic (exact) mass is 504 g/mol. The van der Waals surface area contributed by atoms with E-state index in [-0.39, 0.29) is 16.9 Å². The van der Waals surface area contributed by atoms with Crippen LogP contribution >= 0.6 is 0 Å². The van der Waals surface area contributed by atoms with Crippen LogP contribution < -0.4 is 15.9 Å². The molecular formula is C30H24N4O4. The number of ether oxygens (including phenoxy) is 1. The summed E-state index contributed by atoms with van der Waals surface area (Å²) >= 11 is 0. The van der Waals surface area contributed by atoms with Gasteiger partial charge in [0, 0.05) is 22.9 Å². The summed E-state index contributed by atoms with van der Waals surface area (Å²) < 4.78 is 9.79. The van der Waals surface area contributed by atoms with Gasteiger partial charge in [0.2, 0.25) is 0 Å². The van der Waals surface area contributed by atoms with Crippen molar-refractivity contribution in [3.8, 4) is 22.7 Å². The quantitative estimate of drug-likeness (QED) is 0.353. The number of benzene rings is 3. The molecule has 0 aliphatic carbocycles. The maximum Gasteiger partial charge on any atom is 0.277 e. The van der Waals surface area contributed by atoms with Gasteiger partial charge in [-0.3, -0.25) is 14.4 Å². The lowest BCUT2D eigenvalue weighted by molar-refractivity contribution is -0.113. The maximum atomic E-state index is 13.9. The molecule has 0 saturated carbocycles. The van der Waals surface area contributed by atoms with E-state index < -0.39 is 6.04 Å². The molecule has 0 radical (unpaired) electrons. The molecule has 6 rings (SSSR count). The molecule has 188 valence electrons. The van der Waals surface area contributed by atoms with Crippen LogP contribution in [0.1, 0.15) is 25.5 Å². The van der Waals surface area contributed by atoms with Gasteiger partial charge in [0.05, 0.1) is 35.0 Å². The minimum absolute atomic E-state index is 0.223. The molecular weight excluding hydrogens is 480 g/mol. The van der Waals surface area contributed by atoms with E-state index in [1.54, 1.807) is 43.0 Å². The molecule has 3 heterocycles. The highest BCUT2D eigenvalue weighted by Crippen LogP contribution is 2.40. The van der Waals surface area contributed by atoms with E-state index in [9.17, 15) is 14.4 Å². The normalized spacial score (nSPS) is 14.7. The Bertz CT molecular complexity index is 1880. The van der Waals surface area contributed by atoms with Gasteiger partial charge in [-0.15, -0.1) is 0 Å². The Morgan fingerprint density at radius 1 is 0.868 bits per heavy atom. The summed E-state index contributed by atoms with van der Waals surface area (Å²) in [5, 5.41) is 5.51. The number of allylic oxidation sites excluding steroid dienone is 2. The van der Waals surface area contributed by atoms with Crippen LogP contribution in [0.15, 0.2) is 100 Å². The van der Waals surface area contributed by atoms with Crippen molar-refractivity contribution < 1.29 is 9.53 Å². The first-order chi connectivity index (χ1) is 18.4. The molecule has 1 unspecified atom stereocenters. The van der Waals surface area contributed by atoms with E-state index in [1.807, 2.05) is 60.8 Å². The van der Waals surface area contributed by atoms with Crippen LogP contribution in [0.25, 0.3) is 33.4 Å². The number of carbonyl (C=O) groups is 1. The van der Waals surface area contributed by atoms with Gasteiger partial charge in [0.25, 0.3) is 11.1 Å². The Morgan fingerprint density at radius 3 is 2.13 bits per heavy atom. The minimum Gasteiger partial charge on any atom is -0.497 e. The number of hydrogen-bond donors (Lipinski definition) is 0. The summed E-state index contributed by atoms with van der Waals surface area (Å²) in [7, 11) is 1.60. The van der Waals surface area contributed by atoms with Crippen molar-refractivity contribution in [3.63, 3.8) is 0 Å². The molecule has 1 aliphatic heterocycles. The molecule has 5 aromatic rings. The first kappa shape index (κ1) is 23.4. The van der Waals surface area contributed by atoms with E-state index in [0.29, 0.717) is 39.0 Å². The van der Waals surface area contributed by atoms with E-state index in [1.165, 1.54) is 16.3 Å². The molecule has 0 amide bonds. The van der Waals surface area contributed by atoms with Crippen LogP contribution in [0, 0.1) is 0 Å². The van der Waals surface area contributed by atoms with Gasteiger partial charge in [-0.05, 0) is 62.4 Å². The summed E-state index contributed by atoms with van der Waals surface area (Å²) in [6.45, 7) is 3.17. The second-order valence-corrected chi connectivity index (χ2v) is 9.21. The van der Waals surface area contributed by atoms with Gasteiger partial charge in [0.1, 0.15) is 11.8 Å². The first-order valence-electron chi connectivity index (χ1n) is 12.2. The minimum atomic E-state index is -0.841. The zero-order valence-electron chi connectivity index (χ0n) is 21.1. The van der Waals surface area contributed by atoms with Gasteiger partial charge in [-0.2, -0.15) is 5.10 Å². The molecule has 8 heteroatoms. The lowest BCUT2D eigenvalue weighted by atomic mass is 9.94. The van der Waals surface area contributed by atoms with Gasteiger partial charge in [0.15, 0.2) is 5.78 Å². The summed E-state index contributed by atoms with van der Waals surface area (Å²) in [6.07, 6.45) is 1.83. The van der Waals surface area contributed by atoms with Crippen LogP contribution in [0.5, 0.6) is 5.75 Å². The Morgan fingerprint density at radius 2 is 1.50 bits per heavy atom. The predicted octanol–water partition coefficient (Wildman–Crippen LogP) is 4.45. The van der Waals surface area contributed by atoms with Crippen LogP contribution in [-0.4, -0.2) is 32.0 Å². The number of methoxy groups -OCH3 is 1. The van der Waals surface area contributed by atoms with Crippen LogP contribution in [0.2, 0.25) is 0 Å². The molecule has 0 fully saturated rings. The smallest absolute Gasteiger partial charge is 0.277 e. The molecule has 38 heavy (non-hydrogen) atoms. The lowest BCUT2D eigenvalue weighted by Gasteiger charge is -2.18. The predicted molar refractivity (Wildman–Crippen MR) is 146 cm³/mol. The fraction of sp³-hybridized carbons (Fsp3) is 0.133.